The van der Waals surface area contributed by atoms with Gasteiger partial charge in [-0.2, -0.15) is 0 Å². The number of hydrogen-bond acceptors (Lipinski definition) is 5. The summed E-state index contributed by atoms with van der Waals surface area (Å²) in [5.41, 5.74) is 1.91. The van der Waals surface area contributed by atoms with E-state index in [0.29, 0.717) is 34.9 Å². The van der Waals surface area contributed by atoms with Gasteiger partial charge >= 0.3 is 5.63 Å². The fraction of sp³-hybridized carbons (Fsp3) is 0.370. The molecule has 2 aliphatic rings. The zero-order valence-electron chi connectivity index (χ0n) is 19.3. The average molecular weight is 514 g/mol. The second kappa shape index (κ2) is 9.70. The average Bonchev–Trinajstić information content (AvgIpc) is 3.64. The molecule has 2 N–H and O–H groups in total. The molecule has 184 valence electrons. The van der Waals surface area contributed by atoms with Crippen LogP contribution in [0.25, 0.3) is 0 Å². The largest absolute Gasteiger partial charge is 0.507 e. The highest BCUT2D eigenvalue weighted by Crippen LogP contribution is 2.48. The van der Waals surface area contributed by atoms with E-state index in [1.807, 2.05) is 12.1 Å². The molecule has 1 fully saturated rings. The molecule has 0 saturated heterocycles. The van der Waals surface area contributed by atoms with Gasteiger partial charge in [-0.05, 0) is 80.0 Å². The van der Waals surface area contributed by atoms with Gasteiger partial charge in [0.05, 0.1) is 10.5 Å². The number of hydrogen-bond donors (Lipinski definition) is 2. The van der Waals surface area contributed by atoms with Gasteiger partial charge in [-0.1, -0.05) is 36.6 Å². The van der Waals surface area contributed by atoms with Crippen molar-refractivity contribution in [1.29, 1.82) is 0 Å². The Morgan fingerprint density at radius 2 is 1.60 bits per heavy atom. The van der Waals surface area contributed by atoms with Crippen LogP contribution in [0.4, 0.5) is 5.69 Å². The van der Waals surface area contributed by atoms with E-state index in [9.17, 15) is 18.3 Å². The van der Waals surface area contributed by atoms with Crippen LogP contribution in [-0.4, -0.2) is 13.5 Å². The number of aromatic hydroxyl groups is 1. The molecule has 2 aromatic carbocycles. The molecule has 1 heterocycles. The molecule has 0 bridgehead atoms. The Balaban J connectivity index is 1.45. The molecule has 8 heteroatoms. The molecule has 0 spiro atoms. The van der Waals surface area contributed by atoms with Gasteiger partial charge in [0.1, 0.15) is 11.5 Å². The number of fused-ring (bicyclic) bond motifs is 1. The third kappa shape index (κ3) is 5.11. The van der Waals surface area contributed by atoms with E-state index < -0.39 is 15.6 Å². The summed E-state index contributed by atoms with van der Waals surface area (Å²) in [6, 6.07) is 13.0. The van der Waals surface area contributed by atoms with Gasteiger partial charge in [-0.15, -0.1) is 0 Å². The second-order valence-electron chi connectivity index (χ2n) is 9.46. The van der Waals surface area contributed by atoms with Crippen molar-refractivity contribution in [3.05, 3.63) is 86.4 Å². The van der Waals surface area contributed by atoms with Gasteiger partial charge in [-0.3, -0.25) is 4.72 Å². The van der Waals surface area contributed by atoms with Gasteiger partial charge in [0.15, 0.2) is 0 Å². The van der Waals surface area contributed by atoms with E-state index in [1.54, 1.807) is 12.1 Å². The summed E-state index contributed by atoms with van der Waals surface area (Å²) >= 11 is 5.86. The highest BCUT2D eigenvalue weighted by molar-refractivity contribution is 7.92. The molecule has 6 nitrogen and oxygen atoms in total. The van der Waals surface area contributed by atoms with E-state index in [-0.39, 0.29) is 22.5 Å². The van der Waals surface area contributed by atoms with Gasteiger partial charge < -0.3 is 9.52 Å². The van der Waals surface area contributed by atoms with Crippen molar-refractivity contribution in [1.82, 2.24) is 0 Å². The molecule has 1 saturated carbocycles. The zero-order valence-corrected chi connectivity index (χ0v) is 20.9. The van der Waals surface area contributed by atoms with Crippen molar-refractivity contribution in [3.8, 4) is 5.75 Å². The van der Waals surface area contributed by atoms with Crippen molar-refractivity contribution >= 4 is 27.3 Å². The number of sulfonamides is 1. The van der Waals surface area contributed by atoms with Gasteiger partial charge in [0.2, 0.25) is 0 Å². The topological polar surface area (TPSA) is 96.6 Å². The van der Waals surface area contributed by atoms with Crippen molar-refractivity contribution in [2.24, 2.45) is 5.92 Å². The monoisotopic (exact) mass is 513 g/mol. The molecule has 0 amide bonds. The molecule has 5 rings (SSSR count). The van der Waals surface area contributed by atoms with E-state index in [1.165, 1.54) is 24.3 Å². The standard InChI is InChI=1S/C27H28ClNO5S/c28-19-11-15-21(16-12-19)35(32,33)29-20-13-9-18(10-14-20)24(17-7-8-17)25-26(30)22-5-3-1-2-4-6-23(22)34-27(25)31/h9-17,24,29-30H,1-8H2. The molecular weight excluding hydrogens is 486 g/mol. The maximum absolute atomic E-state index is 13.1. The summed E-state index contributed by atoms with van der Waals surface area (Å²) in [4.78, 5) is 13.2. The highest BCUT2D eigenvalue weighted by atomic mass is 35.5. The molecule has 35 heavy (non-hydrogen) atoms. The predicted octanol–water partition coefficient (Wildman–Crippen LogP) is 6.00. The smallest absolute Gasteiger partial charge is 0.343 e. The van der Waals surface area contributed by atoms with Gasteiger partial charge in [0.25, 0.3) is 10.0 Å². The molecule has 3 aromatic rings. The number of nitrogens with one attached hydrogen (secondary N) is 1. The summed E-state index contributed by atoms with van der Waals surface area (Å²) in [5, 5.41) is 11.7. The molecule has 0 aliphatic heterocycles. The summed E-state index contributed by atoms with van der Waals surface area (Å²) < 4.78 is 33.8. The first kappa shape index (κ1) is 23.9. The maximum atomic E-state index is 13.1. The fourth-order valence-corrected chi connectivity index (χ4v) is 6.17. The van der Waals surface area contributed by atoms with Crippen LogP contribution in [0.5, 0.6) is 5.75 Å². The second-order valence-corrected chi connectivity index (χ2v) is 11.6. The minimum Gasteiger partial charge on any atom is -0.507 e. The lowest BCUT2D eigenvalue weighted by Gasteiger charge is -2.21. The Morgan fingerprint density at radius 3 is 2.26 bits per heavy atom. The van der Waals surface area contributed by atoms with Crippen LogP contribution in [0, 0.1) is 5.92 Å². The van der Waals surface area contributed by atoms with Crippen LogP contribution in [-0.2, 0) is 22.9 Å². The van der Waals surface area contributed by atoms with Crippen LogP contribution in [0.2, 0.25) is 5.02 Å². The highest BCUT2D eigenvalue weighted by Gasteiger charge is 2.38. The van der Waals surface area contributed by atoms with Crippen LogP contribution >= 0.6 is 11.6 Å². The lowest BCUT2D eigenvalue weighted by Crippen LogP contribution is -2.19. The van der Waals surface area contributed by atoms with Crippen molar-refractivity contribution in [2.75, 3.05) is 4.72 Å². The zero-order chi connectivity index (χ0) is 24.6. The van der Waals surface area contributed by atoms with E-state index in [2.05, 4.69) is 4.72 Å². The lowest BCUT2D eigenvalue weighted by atomic mass is 9.85. The molecule has 2 aliphatic carbocycles. The van der Waals surface area contributed by atoms with Gasteiger partial charge in [-0.25, -0.2) is 13.2 Å². The normalized spacial score (nSPS) is 17.2. The molecule has 0 radical (unpaired) electrons. The van der Waals surface area contributed by atoms with Crippen molar-refractivity contribution in [2.45, 2.75) is 62.2 Å². The van der Waals surface area contributed by atoms with Gasteiger partial charge in [0, 0.05) is 28.6 Å². The third-order valence-corrected chi connectivity index (χ3v) is 8.59. The number of aryl methyl sites for hydroxylation is 1. The Bertz CT molecular complexity index is 1380. The van der Waals surface area contributed by atoms with E-state index >= 15 is 0 Å². The van der Waals surface area contributed by atoms with Crippen LogP contribution < -0.4 is 10.3 Å². The van der Waals surface area contributed by atoms with Crippen LogP contribution in [0.1, 0.15) is 66.9 Å². The summed E-state index contributed by atoms with van der Waals surface area (Å²) in [7, 11) is -3.76. The number of halogens is 1. The summed E-state index contributed by atoms with van der Waals surface area (Å²) in [5.74, 6) is 0.663. The maximum Gasteiger partial charge on any atom is 0.343 e. The molecule has 1 aromatic heterocycles. The van der Waals surface area contributed by atoms with E-state index in [4.69, 9.17) is 16.0 Å². The Kier molecular flexibility index (Phi) is 6.64. The Labute approximate surface area is 210 Å². The number of rotatable bonds is 6. The van der Waals surface area contributed by atoms with Crippen LogP contribution in [0.3, 0.4) is 0 Å². The first-order chi connectivity index (χ1) is 16.8. The van der Waals surface area contributed by atoms with Crippen LogP contribution in [0.15, 0.2) is 62.6 Å². The minimum absolute atomic E-state index is 0.0857. The SMILES string of the molecule is O=c1oc2c(c(O)c1C(c1ccc(NS(=O)(=O)c3ccc(Cl)cc3)cc1)C1CC1)CCCCCC2. The summed E-state index contributed by atoms with van der Waals surface area (Å²) in [6.45, 7) is 0. The number of benzene rings is 2. The van der Waals surface area contributed by atoms with Crippen molar-refractivity contribution < 1.29 is 17.9 Å². The minimum atomic E-state index is -3.76. The molecule has 1 unspecified atom stereocenters. The van der Waals surface area contributed by atoms with E-state index in [0.717, 1.165) is 49.7 Å². The van der Waals surface area contributed by atoms with Crippen molar-refractivity contribution in [3.63, 3.8) is 0 Å². The fourth-order valence-electron chi connectivity index (χ4n) is 4.99. The molecular formula is C27H28ClNO5S. The lowest BCUT2D eigenvalue weighted by molar-refractivity contribution is 0.382. The Hall–Kier alpha value is -2.77. The quantitative estimate of drug-likeness (QED) is 0.421. The first-order valence-corrected chi connectivity index (χ1v) is 14.0. The first-order valence-electron chi connectivity index (χ1n) is 12.1. The third-order valence-electron chi connectivity index (χ3n) is 6.94. The Morgan fingerprint density at radius 1 is 0.943 bits per heavy atom. The predicted molar refractivity (Wildman–Crippen MR) is 136 cm³/mol. The molecule has 1 atom stereocenters. The number of anilines is 1. The summed E-state index contributed by atoms with van der Waals surface area (Å²) in [6.07, 6.45) is 7.43.